The molecular formula is C38H51N3O5. The zero-order valence-electron chi connectivity index (χ0n) is 27.9. The molecule has 248 valence electrons. The first-order chi connectivity index (χ1) is 21.9. The molecule has 3 rings (SSSR count). The summed E-state index contributed by atoms with van der Waals surface area (Å²) in [6, 6.07) is 27.6. The summed E-state index contributed by atoms with van der Waals surface area (Å²) in [5.41, 5.74) is 2.27. The molecule has 0 fully saturated rings. The van der Waals surface area contributed by atoms with Crippen molar-refractivity contribution < 1.29 is 24.2 Å². The SMILES string of the molecule is CC(C)CC(NC(=O)[C@@H](Cc1ccccc1)C[C@H](O)[C@H](Cc1ccccc1)NC(=O)OC(C)(C)C)C(=O)NCCc1ccccc1. The fourth-order valence-corrected chi connectivity index (χ4v) is 5.34. The molecule has 0 spiro atoms. The molecule has 0 aliphatic heterocycles. The second-order valence-corrected chi connectivity index (χ2v) is 13.3. The van der Waals surface area contributed by atoms with E-state index in [-0.39, 0.29) is 24.2 Å². The van der Waals surface area contributed by atoms with Crippen molar-refractivity contribution in [3.63, 3.8) is 0 Å². The lowest BCUT2D eigenvalue weighted by Crippen LogP contribution is -2.51. The molecule has 3 aromatic carbocycles. The van der Waals surface area contributed by atoms with Gasteiger partial charge in [-0.1, -0.05) is 105 Å². The second kappa shape index (κ2) is 18.1. The van der Waals surface area contributed by atoms with Crippen LogP contribution in [0.1, 0.15) is 64.2 Å². The van der Waals surface area contributed by atoms with Gasteiger partial charge in [0.05, 0.1) is 12.1 Å². The van der Waals surface area contributed by atoms with Gasteiger partial charge < -0.3 is 25.8 Å². The Morgan fingerprint density at radius 3 is 1.76 bits per heavy atom. The van der Waals surface area contributed by atoms with E-state index in [0.717, 1.165) is 16.7 Å². The Morgan fingerprint density at radius 1 is 0.717 bits per heavy atom. The second-order valence-electron chi connectivity index (χ2n) is 13.3. The molecule has 3 aromatic rings. The average Bonchev–Trinajstić information content (AvgIpc) is 3.00. The number of amides is 3. The molecule has 4 atom stereocenters. The molecule has 1 unspecified atom stereocenters. The highest BCUT2D eigenvalue weighted by Crippen LogP contribution is 2.20. The number of hydrogen-bond donors (Lipinski definition) is 4. The van der Waals surface area contributed by atoms with Gasteiger partial charge in [0.25, 0.3) is 0 Å². The number of benzene rings is 3. The van der Waals surface area contributed by atoms with Crippen LogP contribution in [-0.2, 0) is 33.6 Å². The maximum absolute atomic E-state index is 14.0. The number of ether oxygens (including phenoxy) is 1. The van der Waals surface area contributed by atoms with Crippen LogP contribution in [0.25, 0.3) is 0 Å². The highest BCUT2D eigenvalue weighted by Gasteiger charge is 2.32. The van der Waals surface area contributed by atoms with Crippen LogP contribution in [-0.4, -0.2) is 53.3 Å². The molecule has 0 saturated heterocycles. The van der Waals surface area contributed by atoms with Crippen molar-refractivity contribution in [1.82, 2.24) is 16.0 Å². The zero-order chi connectivity index (χ0) is 33.5. The largest absolute Gasteiger partial charge is 0.444 e. The van der Waals surface area contributed by atoms with E-state index in [4.69, 9.17) is 4.74 Å². The predicted octanol–water partition coefficient (Wildman–Crippen LogP) is 5.62. The molecule has 0 aromatic heterocycles. The van der Waals surface area contributed by atoms with Gasteiger partial charge in [-0.3, -0.25) is 9.59 Å². The van der Waals surface area contributed by atoms with E-state index in [2.05, 4.69) is 16.0 Å². The minimum Gasteiger partial charge on any atom is -0.444 e. The van der Waals surface area contributed by atoms with Crippen molar-refractivity contribution in [2.75, 3.05) is 6.54 Å². The fourth-order valence-electron chi connectivity index (χ4n) is 5.34. The molecule has 0 radical (unpaired) electrons. The molecule has 3 amide bonds. The van der Waals surface area contributed by atoms with Crippen LogP contribution < -0.4 is 16.0 Å². The van der Waals surface area contributed by atoms with Gasteiger partial charge >= 0.3 is 6.09 Å². The van der Waals surface area contributed by atoms with Gasteiger partial charge in [0, 0.05) is 12.5 Å². The summed E-state index contributed by atoms with van der Waals surface area (Å²) in [6.07, 6.45) is 0.221. The standard InChI is InChI=1S/C38H51N3O5/c1-27(2)23-33(36(44)39-22-21-28-15-9-6-10-16-28)40-35(43)31(24-29-17-11-7-12-18-29)26-34(42)32(25-30-19-13-8-14-20-30)41-37(45)46-38(3,4)5/h6-20,27,31-34,42H,21-26H2,1-5H3,(H,39,44)(H,40,43)(H,41,45)/t31-,32-,33?,34-/m0/s1. The number of nitrogens with one attached hydrogen (secondary N) is 3. The van der Waals surface area contributed by atoms with Crippen LogP contribution in [0.3, 0.4) is 0 Å². The third kappa shape index (κ3) is 13.4. The van der Waals surface area contributed by atoms with Crippen molar-refractivity contribution in [2.45, 2.75) is 90.5 Å². The third-order valence-corrected chi connectivity index (χ3v) is 7.58. The van der Waals surface area contributed by atoms with Crippen LogP contribution in [0.5, 0.6) is 0 Å². The summed E-state index contributed by atoms with van der Waals surface area (Å²) < 4.78 is 5.50. The van der Waals surface area contributed by atoms with Crippen LogP contribution in [0.2, 0.25) is 0 Å². The van der Waals surface area contributed by atoms with Crippen molar-refractivity contribution in [2.24, 2.45) is 11.8 Å². The normalized spacial score (nSPS) is 14.1. The van der Waals surface area contributed by atoms with Crippen LogP contribution in [0.4, 0.5) is 4.79 Å². The van der Waals surface area contributed by atoms with E-state index in [1.165, 1.54) is 0 Å². The predicted molar refractivity (Wildman–Crippen MR) is 182 cm³/mol. The molecule has 8 nitrogen and oxygen atoms in total. The molecule has 0 heterocycles. The Labute approximate surface area is 274 Å². The monoisotopic (exact) mass is 629 g/mol. The van der Waals surface area contributed by atoms with Gasteiger partial charge in [-0.05, 0) is 75.5 Å². The van der Waals surface area contributed by atoms with Gasteiger partial charge in [-0.2, -0.15) is 0 Å². The van der Waals surface area contributed by atoms with Gasteiger partial charge in [0.15, 0.2) is 0 Å². The number of alkyl carbamates (subject to hydrolysis) is 1. The van der Waals surface area contributed by atoms with E-state index in [9.17, 15) is 19.5 Å². The minimum atomic E-state index is -1.07. The zero-order valence-corrected chi connectivity index (χ0v) is 27.9. The van der Waals surface area contributed by atoms with E-state index in [0.29, 0.717) is 32.2 Å². The summed E-state index contributed by atoms with van der Waals surface area (Å²) in [6.45, 7) is 9.82. The Hall–Kier alpha value is -4.17. The van der Waals surface area contributed by atoms with Crippen molar-refractivity contribution in [3.8, 4) is 0 Å². The minimum absolute atomic E-state index is 0.0675. The van der Waals surface area contributed by atoms with Gasteiger partial charge in [0.2, 0.25) is 11.8 Å². The number of carbonyl (C=O) groups is 3. The highest BCUT2D eigenvalue weighted by molar-refractivity contribution is 5.88. The molecule has 4 N–H and O–H groups in total. The summed E-state index contributed by atoms with van der Waals surface area (Å²) >= 11 is 0. The van der Waals surface area contributed by atoms with Crippen molar-refractivity contribution in [1.29, 1.82) is 0 Å². The number of aliphatic hydroxyl groups is 1. The molecule has 0 bridgehead atoms. The third-order valence-electron chi connectivity index (χ3n) is 7.58. The summed E-state index contributed by atoms with van der Waals surface area (Å²) in [7, 11) is 0. The van der Waals surface area contributed by atoms with E-state index < -0.39 is 35.8 Å². The van der Waals surface area contributed by atoms with Crippen molar-refractivity contribution in [3.05, 3.63) is 108 Å². The maximum Gasteiger partial charge on any atom is 0.407 e. The quantitative estimate of drug-likeness (QED) is 0.164. The summed E-state index contributed by atoms with van der Waals surface area (Å²) in [5, 5.41) is 20.4. The Kier molecular flexibility index (Phi) is 14.3. The van der Waals surface area contributed by atoms with Crippen molar-refractivity contribution >= 4 is 17.9 Å². The number of aliphatic hydroxyl groups excluding tert-OH is 1. The summed E-state index contributed by atoms with van der Waals surface area (Å²) in [4.78, 5) is 40.1. The topological polar surface area (TPSA) is 117 Å². The molecule has 0 saturated carbocycles. The Morgan fingerprint density at radius 2 is 1.24 bits per heavy atom. The van der Waals surface area contributed by atoms with Crippen LogP contribution >= 0.6 is 0 Å². The van der Waals surface area contributed by atoms with Crippen LogP contribution in [0.15, 0.2) is 91.0 Å². The lowest BCUT2D eigenvalue weighted by Gasteiger charge is -2.30. The van der Waals surface area contributed by atoms with Crippen LogP contribution in [0, 0.1) is 11.8 Å². The first-order valence-corrected chi connectivity index (χ1v) is 16.3. The molecule has 8 heteroatoms. The summed E-state index contributed by atoms with van der Waals surface area (Å²) in [5.74, 6) is -1.05. The number of hydrogen-bond acceptors (Lipinski definition) is 5. The van der Waals surface area contributed by atoms with Gasteiger partial charge in [0.1, 0.15) is 11.6 Å². The Bertz CT molecular complexity index is 1340. The van der Waals surface area contributed by atoms with E-state index in [1.807, 2.05) is 105 Å². The first kappa shape index (κ1) is 36.3. The molecule has 46 heavy (non-hydrogen) atoms. The Balaban J connectivity index is 1.78. The molecular weight excluding hydrogens is 578 g/mol. The highest BCUT2D eigenvalue weighted by atomic mass is 16.6. The first-order valence-electron chi connectivity index (χ1n) is 16.3. The lowest BCUT2D eigenvalue weighted by molar-refractivity contribution is -0.132. The molecule has 0 aliphatic rings. The lowest BCUT2D eigenvalue weighted by atomic mass is 9.88. The number of carbonyl (C=O) groups excluding carboxylic acids is 3. The van der Waals surface area contributed by atoms with E-state index >= 15 is 0 Å². The maximum atomic E-state index is 14.0. The van der Waals surface area contributed by atoms with Gasteiger partial charge in [-0.15, -0.1) is 0 Å². The smallest absolute Gasteiger partial charge is 0.407 e. The average molecular weight is 630 g/mol. The fraction of sp³-hybridized carbons (Fsp3) is 0.447. The van der Waals surface area contributed by atoms with E-state index in [1.54, 1.807) is 20.8 Å². The molecule has 0 aliphatic carbocycles. The van der Waals surface area contributed by atoms with Gasteiger partial charge in [-0.25, -0.2) is 4.79 Å². The number of rotatable bonds is 16.